The van der Waals surface area contributed by atoms with E-state index in [0.717, 1.165) is 22.9 Å². The molecule has 15 heavy (non-hydrogen) atoms. The third-order valence-corrected chi connectivity index (χ3v) is 2.43. The van der Waals surface area contributed by atoms with Crippen molar-refractivity contribution in [3.05, 3.63) is 35.5 Å². The van der Waals surface area contributed by atoms with E-state index in [4.69, 9.17) is 5.26 Å². The van der Waals surface area contributed by atoms with Gasteiger partial charge in [-0.2, -0.15) is 5.26 Å². The fourth-order valence-corrected chi connectivity index (χ4v) is 1.73. The van der Waals surface area contributed by atoms with Gasteiger partial charge in [-0.1, -0.05) is 18.2 Å². The van der Waals surface area contributed by atoms with Crippen molar-refractivity contribution in [2.45, 2.75) is 12.8 Å². The fraction of sp³-hybridized carbons (Fsp3) is 0.167. The van der Waals surface area contributed by atoms with Crippen molar-refractivity contribution in [1.29, 1.82) is 5.26 Å². The lowest BCUT2D eigenvalue weighted by Crippen LogP contribution is -1.89. The monoisotopic (exact) mass is 198 g/mol. The van der Waals surface area contributed by atoms with Gasteiger partial charge in [-0.05, 0) is 6.07 Å². The summed E-state index contributed by atoms with van der Waals surface area (Å²) in [5.74, 6) is 0. The average Bonchev–Trinajstić information content (AvgIpc) is 2.63. The zero-order valence-electron chi connectivity index (χ0n) is 8.16. The Balaban J connectivity index is 2.55. The van der Waals surface area contributed by atoms with Crippen LogP contribution in [-0.2, 0) is 6.42 Å². The molecule has 1 aromatic carbocycles. The molecule has 0 aliphatic heterocycles. The summed E-state index contributed by atoms with van der Waals surface area (Å²) in [5, 5.41) is 9.44. The van der Waals surface area contributed by atoms with Crippen LogP contribution >= 0.6 is 0 Å². The summed E-state index contributed by atoms with van der Waals surface area (Å²) in [6.45, 7) is 0. The predicted octanol–water partition coefficient (Wildman–Crippen LogP) is 2.44. The number of hydrogen-bond acceptors (Lipinski definition) is 2. The Morgan fingerprint density at radius 3 is 2.93 bits per heavy atom. The second kappa shape index (κ2) is 3.97. The number of rotatable bonds is 3. The van der Waals surface area contributed by atoms with Gasteiger partial charge in [0.05, 0.1) is 6.07 Å². The first-order chi connectivity index (χ1) is 7.36. The topological polar surface area (TPSA) is 56.6 Å². The average molecular weight is 198 g/mol. The number of aryl methyl sites for hydroxylation is 1. The van der Waals surface area contributed by atoms with E-state index in [9.17, 15) is 4.79 Å². The van der Waals surface area contributed by atoms with Crippen molar-refractivity contribution in [2.75, 3.05) is 0 Å². The van der Waals surface area contributed by atoms with E-state index < -0.39 is 0 Å². The highest BCUT2D eigenvalue weighted by atomic mass is 16.1. The van der Waals surface area contributed by atoms with Gasteiger partial charge < -0.3 is 4.98 Å². The van der Waals surface area contributed by atoms with Crippen molar-refractivity contribution in [2.24, 2.45) is 0 Å². The number of carbonyl (C=O) groups excluding carboxylic acids is 1. The van der Waals surface area contributed by atoms with Crippen molar-refractivity contribution in [3.63, 3.8) is 0 Å². The molecule has 0 spiro atoms. The standard InChI is InChI=1S/C12H10N2O/c13-7-3-6-12-10(8-15)9-4-1-2-5-11(9)14-12/h1-2,4-5,8,14H,3,6H2. The van der Waals surface area contributed by atoms with Gasteiger partial charge in [-0.15, -0.1) is 0 Å². The highest BCUT2D eigenvalue weighted by molar-refractivity contribution is 5.98. The summed E-state index contributed by atoms with van der Waals surface area (Å²) >= 11 is 0. The number of nitriles is 1. The number of aromatic amines is 1. The van der Waals surface area contributed by atoms with Crippen LogP contribution in [-0.4, -0.2) is 11.3 Å². The van der Waals surface area contributed by atoms with Crippen molar-refractivity contribution >= 4 is 17.2 Å². The van der Waals surface area contributed by atoms with Crippen molar-refractivity contribution < 1.29 is 4.79 Å². The minimum atomic E-state index is 0.424. The Labute approximate surface area is 87.3 Å². The van der Waals surface area contributed by atoms with Crippen LogP contribution in [0.2, 0.25) is 0 Å². The van der Waals surface area contributed by atoms with E-state index in [1.165, 1.54) is 0 Å². The van der Waals surface area contributed by atoms with Crippen LogP contribution in [0, 0.1) is 11.3 Å². The number of fused-ring (bicyclic) bond motifs is 1. The molecule has 0 fully saturated rings. The quantitative estimate of drug-likeness (QED) is 0.770. The second-order valence-corrected chi connectivity index (χ2v) is 3.34. The van der Waals surface area contributed by atoms with Crippen LogP contribution in [0.5, 0.6) is 0 Å². The Kier molecular flexibility index (Phi) is 2.51. The highest BCUT2D eigenvalue weighted by Gasteiger charge is 2.09. The fourth-order valence-electron chi connectivity index (χ4n) is 1.73. The molecule has 2 rings (SSSR count). The van der Waals surface area contributed by atoms with Crippen LogP contribution in [0.1, 0.15) is 22.5 Å². The van der Waals surface area contributed by atoms with E-state index in [1.807, 2.05) is 24.3 Å². The third kappa shape index (κ3) is 1.62. The van der Waals surface area contributed by atoms with Gasteiger partial charge in [0.25, 0.3) is 0 Å². The summed E-state index contributed by atoms with van der Waals surface area (Å²) < 4.78 is 0. The van der Waals surface area contributed by atoms with Crippen molar-refractivity contribution in [3.8, 4) is 6.07 Å². The molecule has 0 saturated heterocycles. The van der Waals surface area contributed by atoms with E-state index in [0.29, 0.717) is 18.4 Å². The van der Waals surface area contributed by atoms with Gasteiger partial charge in [0.2, 0.25) is 0 Å². The molecule has 1 heterocycles. The van der Waals surface area contributed by atoms with E-state index >= 15 is 0 Å². The molecule has 74 valence electrons. The number of nitrogens with one attached hydrogen (secondary N) is 1. The number of aldehydes is 1. The maximum Gasteiger partial charge on any atom is 0.152 e. The predicted molar refractivity (Wildman–Crippen MR) is 57.6 cm³/mol. The summed E-state index contributed by atoms with van der Waals surface area (Å²) in [5.41, 5.74) is 2.49. The van der Waals surface area contributed by atoms with Gasteiger partial charge in [-0.25, -0.2) is 0 Å². The van der Waals surface area contributed by atoms with Gasteiger partial charge in [0.1, 0.15) is 0 Å². The molecule has 0 aliphatic rings. The van der Waals surface area contributed by atoms with E-state index in [-0.39, 0.29) is 0 Å². The maximum atomic E-state index is 11.0. The summed E-state index contributed by atoms with van der Waals surface area (Å²) in [6.07, 6.45) is 1.87. The first kappa shape index (κ1) is 9.47. The minimum Gasteiger partial charge on any atom is -0.358 e. The molecule has 1 N–H and O–H groups in total. The first-order valence-corrected chi connectivity index (χ1v) is 4.78. The number of H-pyrrole nitrogens is 1. The molecule has 1 aromatic heterocycles. The number of hydrogen-bond donors (Lipinski definition) is 1. The minimum absolute atomic E-state index is 0.424. The van der Waals surface area contributed by atoms with Gasteiger partial charge in [0.15, 0.2) is 6.29 Å². The Morgan fingerprint density at radius 1 is 1.40 bits per heavy atom. The lowest BCUT2D eigenvalue weighted by atomic mass is 10.1. The van der Waals surface area contributed by atoms with E-state index in [1.54, 1.807) is 0 Å². The SMILES string of the molecule is N#CCCc1[nH]c2ccccc2c1C=O. The highest BCUT2D eigenvalue weighted by Crippen LogP contribution is 2.21. The molecule has 0 amide bonds. The van der Waals surface area contributed by atoms with Gasteiger partial charge >= 0.3 is 0 Å². The normalized spacial score (nSPS) is 10.1. The van der Waals surface area contributed by atoms with Gasteiger partial charge in [0, 0.05) is 35.0 Å². The molecule has 0 unspecified atom stereocenters. The molecular weight excluding hydrogens is 188 g/mol. The summed E-state index contributed by atoms with van der Waals surface area (Å²) in [6, 6.07) is 9.73. The van der Waals surface area contributed by atoms with Crippen molar-refractivity contribution in [1.82, 2.24) is 4.98 Å². The molecule has 3 nitrogen and oxygen atoms in total. The van der Waals surface area contributed by atoms with Crippen LogP contribution in [0.3, 0.4) is 0 Å². The van der Waals surface area contributed by atoms with Gasteiger partial charge in [-0.3, -0.25) is 4.79 Å². The molecule has 2 aromatic rings. The number of para-hydroxylation sites is 1. The molecular formula is C12H10N2O. The molecule has 0 atom stereocenters. The van der Waals surface area contributed by atoms with E-state index in [2.05, 4.69) is 11.1 Å². The lowest BCUT2D eigenvalue weighted by molar-refractivity contribution is 0.112. The van der Waals surface area contributed by atoms with Crippen LogP contribution in [0.15, 0.2) is 24.3 Å². The zero-order valence-corrected chi connectivity index (χ0v) is 8.16. The number of nitrogens with zero attached hydrogens (tertiary/aromatic N) is 1. The smallest absolute Gasteiger partial charge is 0.152 e. The summed E-state index contributed by atoms with van der Waals surface area (Å²) in [4.78, 5) is 14.1. The third-order valence-electron chi connectivity index (χ3n) is 2.43. The van der Waals surface area contributed by atoms with Crippen LogP contribution < -0.4 is 0 Å². The zero-order chi connectivity index (χ0) is 10.7. The second-order valence-electron chi connectivity index (χ2n) is 3.34. The Hall–Kier alpha value is -2.08. The number of carbonyl (C=O) groups is 1. The molecule has 0 saturated carbocycles. The Morgan fingerprint density at radius 2 is 2.20 bits per heavy atom. The van der Waals surface area contributed by atoms with Crippen LogP contribution in [0.4, 0.5) is 0 Å². The summed E-state index contributed by atoms with van der Waals surface area (Å²) in [7, 11) is 0. The lowest BCUT2D eigenvalue weighted by Gasteiger charge is -1.92. The molecule has 0 bridgehead atoms. The first-order valence-electron chi connectivity index (χ1n) is 4.78. The molecule has 0 radical (unpaired) electrons. The largest absolute Gasteiger partial charge is 0.358 e. The number of benzene rings is 1. The molecule has 3 heteroatoms. The Bertz CT molecular complexity index is 534. The maximum absolute atomic E-state index is 11.0. The number of aromatic nitrogens is 1. The molecule has 0 aliphatic carbocycles. The van der Waals surface area contributed by atoms with Crippen LogP contribution in [0.25, 0.3) is 10.9 Å².